The Morgan fingerprint density at radius 1 is 1.48 bits per heavy atom. The van der Waals surface area contributed by atoms with Gasteiger partial charge in [-0.3, -0.25) is 9.59 Å². The summed E-state index contributed by atoms with van der Waals surface area (Å²) < 4.78 is 19.2. The highest BCUT2D eigenvalue weighted by atomic mass is 79.9. The minimum atomic E-state index is -1.12. The standard InChI is InChI=1S/C13H11BrFNO5/c1-21-13(20)8-3-7(14)4-9(11(8)15)16-5-6(12(18)19)2-10(16)17/h3-4,6H,2,5H2,1H3,(H,18,19). The molecule has 0 aromatic heterocycles. The lowest BCUT2D eigenvalue weighted by Gasteiger charge is -2.18. The molecule has 0 aliphatic carbocycles. The second kappa shape index (κ2) is 5.80. The van der Waals surface area contributed by atoms with Crippen molar-refractivity contribution in [2.75, 3.05) is 18.6 Å². The largest absolute Gasteiger partial charge is 0.481 e. The number of hydrogen-bond donors (Lipinski definition) is 1. The molecule has 1 aliphatic rings. The summed E-state index contributed by atoms with van der Waals surface area (Å²) in [5, 5.41) is 8.94. The number of carbonyl (C=O) groups is 3. The van der Waals surface area contributed by atoms with E-state index in [2.05, 4.69) is 20.7 Å². The summed E-state index contributed by atoms with van der Waals surface area (Å²) in [6.45, 7) is -0.137. The molecule has 1 unspecified atom stereocenters. The maximum atomic E-state index is 14.4. The van der Waals surface area contributed by atoms with Crippen LogP contribution in [0.15, 0.2) is 16.6 Å². The number of benzene rings is 1. The van der Waals surface area contributed by atoms with E-state index in [1.165, 1.54) is 12.1 Å². The van der Waals surface area contributed by atoms with Crippen molar-refractivity contribution in [1.82, 2.24) is 0 Å². The first kappa shape index (κ1) is 15.4. The minimum absolute atomic E-state index is 0.137. The second-order valence-corrected chi connectivity index (χ2v) is 5.44. The number of ether oxygens (including phenoxy) is 1. The highest BCUT2D eigenvalue weighted by Crippen LogP contribution is 2.32. The first-order valence-corrected chi connectivity index (χ1v) is 6.75. The average molecular weight is 360 g/mol. The van der Waals surface area contributed by atoms with Crippen molar-refractivity contribution in [1.29, 1.82) is 0 Å². The number of amides is 1. The number of esters is 1. The van der Waals surface area contributed by atoms with Crippen LogP contribution in [-0.2, 0) is 14.3 Å². The van der Waals surface area contributed by atoms with Crippen molar-refractivity contribution in [3.63, 3.8) is 0 Å². The van der Waals surface area contributed by atoms with E-state index in [0.717, 1.165) is 12.0 Å². The van der Waals surface area contributed by atoms with Crippen LogP contribution in [0, 0.1) is 11.7 Å². The third-order valence-corrected chi connectivity index (χ3v) is 3.65. The maximum absolute atomic E-state index is 14.4. The van der Waals surface area contributed by atoms with Crippen LogP contribution in [0.2, 0.25) is 0 Å². The lowest BCUT2D eigenvalue weighted by atomic mass is 10.1. The molecule has 8 heteroatoms. The van der Waals surface area contributed by atoms with Crippen LogP contribution >= 0.6 is 15.9 Å². The highest BCUT2D eigenvalue weighted by Gasteiger charge is 2.37. The molecule has 0 spiro atoms. The summed E-state index contributed by atoms with van der Waals surface area (Å²) in [6.07, 6.45) is -0.200. The molecule has 1 amide bonds. The summed E-state index contributed by atoms with van der Waals surface area (Å²) in [6, 6.07) is 2.56. The van der Waals surface area contributed by atoms with Gasteiger partial charge in [0.15, 0.2) is 5.82 Å². The van der Waals surface area contributed by atoms with Gasteiger partial charge in [0.25, 0.3) is 0 Å². The van der Waals surface area contributed by atoms with Crippen LogP contribution in [0.4, 0.5) is 10.1 Å². The number of carboxylic acids is 1. The van der Waals surface area contributed by atoms with Crippen molar-refractivity contribution in [3.05, 3.63) is 28.0 Å². The molecule has 1 heterocycles. The first-order chi connectivity index (χ1) is 9.85. The molecule has 1 N–H and O–H groups in total. The smallest absolute Gasteiger partial charge is 0.340 e. The van der Waals surface area contributed by atoms with Gasteiger partial charge in [-0.2, -0.15) is 0 Å². The van der Waals surface area contributed by atoms with Gasteiger partial charge in [-0.25, -0.2) is 9.18 Å². The summed E-state index contributed by atoms with van der Waals surface area (Å²) in [7, 11) is 1.11. The van der Waals surface area contributed by atoms with Crippen LogP contribution in [0.3, 0.4) is 0 Å². The zero-order chi connectivity index (χ0) is 15.7. The van der Waals surface area contributed by atoms with E-state index >= 15 is 0 Å². The molecule has 1 aliphatic heterocycles. The van der Waals surface area contributed by atoms with Crippen molar-refractivity contribution >= 4 is 39.5 Å². The fourth-order valence-electron chi connectivity index (χ4n) is 2.14. The molecule has 112 valence electrons. The lowest BCUT2D eigenvalue weighted by molar-refractivity contribution is -0.141. The molecule has 0 bridgehead atoms. The zero-order valence-corrected chi connectivity index (χ0v) is 12.5. The third-order valence-electron chi connectivity index (χ3n) is 3.19. The molecule has 1 saturated heterocycles. The van der Waals surface area contributed by atoms with Crippen molar-refractivity contribution in [2.24, 2.45) is 5.92 Å². The Hall–Kier alpha value is -1.96. The molecule has 0 radical (unpaired) electrons. The molecule has 1 fully saturated rings. The van der Waals surface area contributed by atoms with Crippen LogP contribution in [0.1, 0.15) is 16.8 Å². The van der Waals surface area contributed by atoms with Gasteiger partial charge in [-0.1, -0.05) is 15.9 Å². The number of carbonyl (C=O) groups excluding carboxylic acids is 2. The molecule has 2 rings (SSSR count). The molecule has 6 nitrogen and oxygen atoms in total. The topological polar surface area (TPSA) is 83.9 Å². The van der Waals surface area contributed by atoms with E-state index in [1.807, 2.05) is 0 Å². The monoisotopic (exact) mass is 359 g/mol. The Morgan fingerprint density at radius 2 is 2.14 bits per heavy atom. The molecular formula is C13H11BrFNO5. The van der Waals surface area contributed by atoms with E-state index in [-0.39, 0.29) is 24.2 Å². The molecule has 1 aromatic rings. The predicted octanol–water partition coefficient (Wildman–Crippen LogP) is 1.81. The number of nitrogens with zero attached hydrogens (tertiary/aromatic N) is 1. The van der Waals surface area contributed by atoms with Crippen LogP contribution in [-0.4, -0.2) is 36.6 Å². The number of halogens is 2. The predicted molar refractivity (Wildman–Crippen MR) is 73.5 cm³/mol. The van der Waals surface area contributed by atoms with E-state index < -0.39 is 29.6 Å². The fourth-order valence-corrected chi connectivity index (χ4v) is 2.58. The van der Waals surface area contributed by atoms with E-state index in [4.69, 9.17) is 5.11 Å². The van der Waals surface area contributed by atoms with Gasteiger partial charge >= 0.3 is 11.9 Å². The van der Waals surface area contributed by atoms with Gasteiger partial charge in [-0.15, -0.1) is 0 Å². The summed E-state index contributed by atoms with van der Waals surface area (Å²) in [5.74, 6) is -4.30. The summed E-state index contributed by atoms with van der Waals surface area (Å²) in [5.41, 5.74) is -0.466. The quantitative estimate of drug-likeness (QED) is 0.832. The van der Waals surface area contributed by atoms with E-state index in [0.29, 0.717) is 4.47 Å². The maximum Gasteiger partial charge on any atom is 0.340 e. The minimum Gasteiger partial charge on any atom is -0.481 e. The number of anilines is 1. The molecule has 1 aromatic carbocycles. The van der Waals surface area contributed by atoms with Gasteiger partial charge in [0, 0.05) is 17.4 Å². The van der Waals surface area contributed by atoms with Crippen molar-refractivity contribution in [3.8, 4) is 0 Å². The molecule has 21 heavy (non-hydrogen) atoms. The van der Waals surface area contributed by atoms with Gasteiger partial charge in [-0.05, 0) is 12.1 Å². The Kier molecular flexibility index (Phi) is 4.26. The molecule has 1 atom stereocenters. The molecule has 0 saturated carbocycles. The average Bonchev–Trinajstić information content (AvgIpc) is 2.82. The number of carboxylic acid groups (broad SMARTS) is 1. The van der Waals surface area contributed by atoms with Crippen LogP contribution in [0.5, 0.6) is 0 Å². The van der Waals surface area contributed by atoms with Gasteiger partial charge in [0.2, 0.25) is 5.91 Å². The van der Waals surface area contributed by atoms with Gasteiger partial charge in [0.05, 0.1) is 24.3 Å². The van der Waals surface area contributed by atoms with Crippen molar-refractivity contribution in [2.45, 2.75) is 6.42 Å². The summed E-state index contributed by atoms with van der Waals surface area (Å²) in [4.78, 5) is 35.4. The first-order valence-electron chi connectivity index (χ1n) is 5.95. The number of aliphatic carboxylic acids is 1. The second-order valence-electron chi connectivity index (χ2n) is 4.52. The number of rotatable bonds is 3. The Morgan fingerprint density at radius 3 is 2.67 bits per heavy atom. The van der Waals surface area contributed by atoms with Gasteiger partial charge in [0.1, 0.15) is 0 Å². The van der Waals surface area contributed by atoms with Crippen molar-refractivity contribution < 1.29 is 28.6 Å². The Bertz CT molecular complexity index is 633. The number of hydrogen-bond acceptors (Lipinski definition) is 4. The zero-order valence-electron chi connectivity index (χ0n) is 10.9. The highest BCUT2D eigenvalue weighted by molar-refractivity contribution is 9.10. The van der Waals surface area contributed by atoms with Gasteiger partial charge < -0.3 is 14.7 Å². The Labute approximate surface area is 127 Å². The third kappa shape index (κ3) is 2.90. The van der Waals surface area contributed by atoms with Crippen LogP contribution in [0.25, 0.3) is 0 Å². The lowest BCUT2D eigenvalue weighted by Crippen LogP contribution is -2.27. The van der Waals surface area contributed by atoms with E-state index in [9.17, 15) is 18.8 Å². The van der Waals surface area contributed by atoms with Crippen LogP contribution < -0.4 is 4.90 Å². The fraction of sp³-hybridized carbons (Fsp3) is 0.308. The number of methoxy groups -OCH3 is 1. The molecular weight excluding hydrogens is 349 g/mol. The Balaban J connectivity index is 2.45. The normalized spacial score (nSPS) is 18.0. The van der Waals surface area contributed by atoms with E-state index in [1.54, 1.807) is 0 Å². The summed E-state index contributed by atoms with van der Waals surface area (Å²) >= 11 is 3.13. The SMILES string of the molecule is COC(=O)c1cc(Br)cc(N2CC(C(=O)O)CC2=O)c1F.